The Hall–Kier alpha value is -1.73. The van der Waals surface area contributed by atoms with Crippen LogP contribution in [-0.2, 0) is 20.2 Å². The molecular formula is C22H30N2O3S. The van der Waals surface area contributed by atoms with Crippen molar-refractivity contribution >= 4 is 10.0 Å². The summed E-state index contributed by atoms with van der Waals surface area (Å²) in [6.07, 6.45) is 0. The molecule has 1 heterocycles. The lowest BCUT2D eigenvalue weighted by Crippen LogP contribution is -2.43. The molecule has 1 N–H and O–H groups in total. The van der Waals surface area contributed by atoms with Crippen molar-refractivity contribution in [1.82, 2.24) is 9.62 Å². The van der Waals surface area contributed by atoms with Gasteiger partial charge in [0.15, 0.2) is 0 Å². The van der Waals surface area contributed by atoms with E-state index in [2.05, 4.69) is 30.4 Å². The van der Waals surface area contributed by atoms with Gasteiger partial charge in [0.2, 0.25) is 10.0 Å². The third-order valence-electron chi connectivity index (χ3n) is 5.07. The molecule has 1 saturated heterocycles. The van der Waals surface area contributed by atoms with Gasteiger partial charge in [-0.15, -0.1) is 0 Å². The molecule has 0 saturated carbocycles. The third kappa shape index (κ3) is 5.41. The summed E-state index contributed by atoms with van der Waals surface area (Å²) < 4.78 is 34.5. The first-order chi connectivity index (χ1) is 13.3. The zero-order valence-corrected chi connectivity index (χ0v) is 17.7. The molecular weight excluding hydrogens is 372 g/mol. The predicted molar refractivity (Wildman–Crippen MR) is 112 cm³/mol. The summed E-state index contributed by atoms with van der Waals surface area (Å²) in [5, 5.41) is 0. The van der Waals surface area contributed by atoms with Gasteiger partial charge in [0.1, 0.15) is 0 Å². The molecule has 1 aliphatic rings. The summed E-state index contributed by atoms with van der Waals surface area (Å²) in [5.41, 5.74) is 2.06. The van der Waals surface area contributed by atoms with E-state index in [4.69, 9.17) is 4.74 Å². The van der Waals surface area contributed by atoms with Crippen LogP contribution in [0.25, 0.3) is 0 Å². The van der Waals surface area contributed by atoms with E-state index in [-0.39, 0.29) is 11.5 Å². The molecule has 0 radical (unpaired) electrons. The minimum atomic E-state index is -3.63. The van der Waals surface area contributed by atoms with Crippen molar-refractivity contribution in [3.63, 3.8) is 0 Å². The number of sulfonamides is 1. The summed E-state index contributed by atoms with van der Waals surface area (Å²) in [4.78, 5) is 2.54. The molecule has 0 spiro atoms. The Morgan fingerprint density at radius 2 is 1.61 bits per heavy atom. The predicted octanol–water partition coefficient (Wildman–Crippen LogP) is 3.34. The van der Waals surface area contributed by atoms with Crippen molar-refractivity contribution in [3.05, 3.63) is 65.7 Å². The first-order valence-corrected chi connectivity index (χ1v) is 11.2. The molecule has 3 rings (SSSR count). The standard InChI is InChI=1S/C22H30N2O3S/c1-22(2,3)19-9-11-20(12-10-19)28(25,26)23-21(18-7-5-4-6-8-18)17-24-13-15-27-16-14-24/h4-12,21,23H,13-17H2,1-3H3. The number of ether oxygens (including phenoxy) is 1. The molecule has 5 nitrogen and oxygen atoms in total. The molecule has 0 aromatic heterocycles. The highest BCUT2D eigenvalue weighted by molar-refractivity contribution is 7.89. The lowest BCUT2D eigenvalue weighted by molar-refractivity contribution is 0.0345. The van der Waals surface area contributed by atoms with Crippen molar-refractivity contribution in [2.24, 2.45) is 0 Å². The Kier molecular flexibility index (Phi) is 6.55. The summed E-state index contributed by atoms with van der Waals surface area (Å²) in [5.74, 6) is 0. The average Bonchev–Trinajstić information content (AvgIpc) is 2.68. The minimum Gasteiger partial charge on any atom is -0.379 e. The fraction of sp³-hybridized carbons (Fsp3) is 0.455. The van der Waals surface area contributed by atoms with E-state index in [9.17, 15) is 8.42 Å². The van der Waals surface area contributed by atoms with Gasteiger partial charge in [0.25, 0.3) is 0 Å². The van der Waals surface area contributed by atoms with E-state index in [0.29, 0.717) is 24.7 Å². The van der Waals surface area contributed by atoms with Crippen LogP contribution in [0.4, 0.5) is 0 Å². The number of hydrogen-bond acceptors (Lipinski definition) is 4. The van der Waals surface area contributed by atoms with Crippen LogP contribution in [0.2, 0.25) is 0 Å². The lowest BCUT2D eigenvalue weighted by Gasteiger charge is -2.31. The average molecular weight is 403 g/mol. The molecule has 2 aromatic carbocycles. The zero-order chi connectivity index (χ0) is 20.2. The molecule has 152 valence electrons. The minimum absolute atomic E-state index is 0.0153. The second-order valence-corrected chi connectivity index (χ2v) is 9.99. The van der Waals surface area contributed by atoms with Gasteiger partial charge in [-0.25, -0.2) is 13.1 Å². The number of nitrogens with one attached hydrogen (secondary N) is 1. The first-order valence-electron chi connectivity index (χ1n) is 9.74. The van der Waals surface area contributed by atoms with Crippen LogP contribution in [0, 0.1) is 0 Å². The van der Waals surface area contributed by atoms with Gasteiger partial charge in [-0.2, -0.15) is 0 Å². The third-order valence-corrected chi connectivity index (χ3v) is 6.56. The first kappa shape index (κ1) is 21.0. The molecule has 0 aliphatic carbocycles. The second kappa shape index (κ2) is 8.74. The van der Waals surface area contributed by atoms with Crippen LogP contribution in [0.5, 0.6) is 0 Å². The van der Waals surface area contributed by atoms with Crippen molar-refractivity contribution in [3.8, 4) is 0 Å². The molecule has 28 heavy (non-hydrogen) atoms. The summed E-state index contributed by atoms with van der Waals surface area (Å²) in [6, 6.07) is 16.6. The topological polar surface area (TPSA) is 58.6 Å². The van der Waals surface area contributed by atoms with Crippen LogP contribution in [0.3, 0.4) is 0 Å². The smallest absolute Gasteiger partial charge is 0.241 e. The van der Waals surface area contributed by atoms with E-state index in [1.54, 1.807) is 12.1 Å². The van der Waals surface area contributed by atoms with E-state index < -0.39 is 10.0 Å². The van der Waals surface area contributed by atoms with Gasteiger partial charge in [0, 0.05) is 19.6 Å². The maximum atomic E-state index is 13.1. The fourth-order valence-corrected chi connectivity index (χ4v) is 4.54. The van der Waals surface area contributed by atoms with Crippen LogP contribution in [-0.4, -0.2) is 46.2 Å². The Balaban J connectivity index is 1.82. The van der Waals surface area contributed by atoms with Crippen LogP contribution in [0.1, 0.15) is 37.9 Å². The number of benzene rings is 2. The highest BCUT2D eigenvalue weighted by Crippen LogP contribution is 2.24. The highest BCUT2D eigenvalue weighted by Gasteiger charge is 2.25. The van der Waals surface area contributed by atoms with E-state index in [1.165, 1.54) is 0 Å². The van der Waals surface area contributed by atoms with Gasteiger partial charge >= 0.3 is 0 Å². The SMILES string of the molecule is CC(C)(C)c1ccc(S(=O)(=O)NC(CN2CCOCC2)c2ccccc2)cc1. The van der Waals surface area contributed by atoms with Gasteiger partial charge in [-0.1, -0.05) is 63.2 Å². The van der Waals surface area contributed by atoms with Crippen LogP contribution in [0.15, 0.2) is 59.5 Å². The highest BCUT2D eigenvalue weighted by atomic mass is 32.2. The molecule has 1 unspecified atom stereocenters. The van der Waals surface area contributed by atoms with Crippen molar-refractivity contribution < 1.29 is 13.2 Å². The van der Waals surface area contributed by atoms with E-state index in [1.807, 2.05) is 42.5 Å². The number of rotatable bonds is 6. The van der Waals surface area contributed by atoms with Crippen molar-refractivity contribution in [2.75, 3.05) is 32.8 Å². The quantitative estimate of drug-likeness (QED) is 0.805. The van der Waals surface area contributed by atoms with Crippen LogP contribution < -0.4 is 4.72 Å². The largest absolute Gasteiger partial charge is 0.379 e. The van der Waals surface area contributed by atoms with Crippen LogP contribution >= 0.6 is 0 Å². The molecule has 6 heteroatoms. The lowest BCUT2D eigenvalue weighted by atomic mass is 9.87. The number of morpholine rings is 1. The van der Waals surface area contributed by atoms with E-state index >= 15 is 0 Å². The van der Waals surface area contributed by atoms with Crippen molar-refractivity contribution in [1.29, 1.82) is 0 Å². The Morgan fingerprint density at radius 1 is 1.00 bits per heavy atom. The molecule has 1 atom stereocenters. The van der Waals surface area contributed by atoms with Gasteiger partial charge < -0.3 is 4.74 Å². The number of hydrogen-bond donors (Lipinski definition) is 1. The summed E-state index contributed by atoms with van der Waals surface area (Å²) in [7, 11) is -3.63. The second-order valence-electron chi connectivity index (χ2n) is 8.27. The van der Waals surface area contributed by atoms with Gasteiger partial charge in [-0.05, 0) is 28.7 Å². The van der Waals surface area contributed by atoms with Crippen molar-refractivity contribution in [2.45, 2.75) is 37.1 Å². The van der Waals surface area contributed by atoms with Gasteiger partial charge in [0.05, 0.1) is 24.2 Å². The van der Waals surface area contributed by atoms with E-state index in [0.717, 1.165) is 24.2 Å². The number of nitrogens with zero attached hydrogens (tertiary/aromatic N) is 1. The summed E-state index contributed by atoms with van der Waals surface area (Å²) in [6.45, 7) is 9.95. The maximum Gasteiger partial charge on any atom is 0.241 e. The normalized spacial score (nSPS) is 17.4. The monoisotopic (exact) mass is 402 g/mol. The Bertz CT molecular complexity index is 853. The summed E-state index contributed by atoms with van der Waals surface area (Å²) >= 11 is 0. The van der Waals surface area contributed by atoms with Gasteiger partial charge in [-0.3, -0.25) is 4.90 Å². The molecule has 0 bridgehead atoms. The maximum absolute atomic E-state index is 13.1. The fourth-order valence-electron chi connectivity index (χ4n) is 3.33. The Labute approximate surface area is 168 Å². The molecule has 0 amide bonds. The Morgan fingerprint density at radius 3 is 2.18 bits per heavy atom. The molecule has 1 aliphatic heterocycles. The zero-order valence-electron chi connectivity index (χ0n) is 16.9. The molecule has 2 aromatic rings. The molecule has 1 fully saturated rings.